The lowest BCUT2D eigenvalue weighted by Crippen LogP contribution is -2.44. The highest BCUT2D eigenvalue weighted by atomic mass is 79.9. The normalized spacial score (nSPS) is 13.0. The number of halogens is 3. The smallest absolute Gasteiger partial charge is 0.159 e. The molecule has 7 nitrogen and oxygen atoms in total. The second-order valence-electron chi connectivity index (χ2n) is 9.21. The fourth-order valence-electron chi connectivity index (χ4n) is 4.62. The number of carbonyl (C=O) groups is 1. The number of carbonyl (C=O) groups excluding carboxylic acids is 1. The number of aromatic nitrogens is 4. The van der Waals surface area contributed by atoms with Gasteiger partial charge in [-0.2, -0.15) is 5.10 Å². The van der Waals surface area contributed by atoms with E-state index in [-0.39, 0.29) is 24.4 Å². The van der Waals surface area contributed by atoms with Crippen molar-refractivity contribution in [1.82, 2.24) is 19.7 Å². The van der Waals surface area contributed by atoms with Gasteiger partial charge in [-0.15, -0.1) is 0 Å². The summed E-state index contributed by atoms with van der Waals surface area (Å²) in [6.07, 6.45) is 4.64. The maximum absolute atomic E-state index is 15.1. The molecule has 10 heteroatoms. The molecule has 5 aromatic rings. The van der Waals surface area contributed by atoms with Gasteiger partial charge in [-0.3, -0.25) is 4.79 Å². The summed E-state index contributed by atoms with van der Waals surface area (Å²) in [6, 6.07) is 16.0. The molecule has 0 radical (unpaired) electrons. The number of ketones is 1. The van der Waals surface area contributed by atoms with E-state index in [1.807, 2.05) is 29.3 Å². The van der Waals surface area contributed by atoms with E-state index >= 15 is 4.39 Å². The molecule has 194 valence electrons. The molecular formula is C28H24BrF2N5O2. The Hall–Kier alpha value is -3.89. The lowest BCUT2D eigenvalue weighted by Gasteiger charge is -2.36. The van der Waals surface area contributed by atoms with Crippen LogP contribution in [0.1, 0.15) is 28.4 Å². The van der Waals surface area contributed by atoms with Gasteiger partial charge in [-0.1, -0.05) is 22.0 Å². The molecule has 2 heterocycles. The van der Waals surface area contributed by atoms with E-state index in [1.54, 1.807) is 24.3 Å². The first-order valence-corrected chi connectivity index (χ1v) is 12.6. The molecule has 2 N–H and O–H groups in total. The predicted molar refractivity (Wildman–Crippen MR) is 144 cm³/mol. The largest absolute Gasteiger partial charge is 0.381 e. The van der Waals surface area contributed by atoms with Crippen molar-refractivity contribution in [3.63, 3.8) is 0 Å². The minimum atomic E-state index is -1.82. The van der Waals surface area contributed by atoms with Gasteiger partial charge in [-0.05, 0) is 61.0 Å². The van der Waals surface area contributed by atoms with Crippen molar-refractivity contribution in [1.29, 1.82) is 0 Å². The Bertz CT molecular complexity index is 1590. The number of hydrogen-bond donors (Lipinski definition) is 2. The van der Waals surface area contributed by atoms with E-state index in [4.69, 9.17) is 0 Å². The Kier molecular flexibility index (Phi) is 7.09. The lowest BCUT2D eigenvalue weighted by atomic mass is 9.91. The van der Waals surface area contributed by atoms with E-state index in [1.165, 1.54) is 30.3 Å². The molecular weight excluding hydrogens is 556 g/mol. The Labute approximate surface area is 225 Å². The van der Waals surface area contributed by atoms with E-state index in [2.05, 4.69) is 31.0 Å². The van der Waals surface area contributed by atoms with Crippen LogP contribution in [0, 0.1) is 11.6 Å². The maximum atomic E-state index is 15.1. The van der Waals surface area contributed by atoms with Gasteiger partial charge in [-0.25, -0.2) is 18.4 Å². The summed E-state index contributed by atoms with van der Waals surface area (Å²) in [4.78, 5) is 21.0. The molecule has 0 aliphatic heterocycles. The molecule has 0 aliphatic rings. The number of rotatable bonds is 9. The second kappa shape index (κ2) is 10.5. The van der Waals surface area contributed by atoms with Crippen LogP contribution < -0.4 is 4.90 Å². The fraction of sp³-hybridized carbons (Fsp3) is 0.179. The van der Waals surface area contributed by atoms with Crippen LogP contribution in [0.3, 0.4) is 0 Å². The summed E-state index contributed by atoms with van der Waals surface area (Å²) in [5.74, 6) is -1.67. The molecule has 5 rings (SSSR count). The fourth-order valence-corrected chi connectivity index (χ4v) is 4.98. The minimum Gasteiger partial charge on any atom is -0.381 e. The van der Waals surface area contributed by atoms with Gasteiger partial charge in [0.15, 0.2) is 5.78 Å². The quantitative estimate of drug-likeness (QED) is 0.222. The standard InChI is InChI=1S/C28H24BrF2N5O2/c1-18(37)19-2-6-23(7-3-19)35(13-20-12-33-27-9-4-21(29)10-24(20)27)14-28(38,15-36-17-32-16-34-36)25-8-5-22(30)11-26(25)31/h2-12,16-17,33,38H,13-15H2,1H3. The zero-order valence-electron chi connectivity index (χ0n) is 20.4. The first-order chi connectivity index (χ1) is 18.2. The zero-order valence-corrected chi connectivity index (χ0v) is 22.0. The molecule has 38 heavy (non-hydrogen) atoms. The van der Waals surface area contributed by atoms with Gasteiger partial charge < -0.3 is 15.0 Å². The topological polar surface area (TPSA) is 87.0 Å². The minimum absolute atomic E-state index is 0.0681. The predicted octanol–water partition coefficient (Wildman–Crippen LogP) is 5.60. The number of hydrogen-bond acceptors (Lipinski definition) is 5. The molecule has 0 aliphatic carbocycles. The molecule has 3 aromatic carbocycles. The summed E-state index contributed by atoms with van der Waals surface area (Å²) < 4.78 is 31.2. The van der Waals surface area contributed by atoms with Crippen LogP contribution in [0.25, 0.3) is 10.9 Å². The van der Waals surface area contributed by atoms with Crippen LogP contribution in [-0.4, -0.2) is 37.2 Å². The Balaban J connectivity index is 1.59. The molecule has 0 spiro atoms. The number of aliphatic hydroxyl groups is 1. The number of aromatic amines is 1. The van der Waals surface area contributed by atoms with E-state index in [0.29, 0.717) is 17.8 Å². The number of anilines is 1. The summed E-state index contributed by atoms with van der Waals surface area (Å²) >= 11 is 3.52. The highest BCUT2D eigenvalue weighted by Gasteiger charge is 2.36. The summed E-state index contributed by atoms with van der Waals surface area (Å²) in [6.45, 7) is 1.63. The number of H-pyrrole nitrogens is 1. The third-order valence-electron chi connectivity index (χ3n) is 6.50. The SMILES string of the molecule is CC(=O)c1ccc(N(Cc2c[nH]c3ccc(Br)cc23)CC(O)(Cn2cncn2)c2ccc(F)cc2F)cc1. The molecule has 0 saturated heterocycles. The number of benzene rings is 3. The van der Waals surface area contributed by atoms with Crippen molar-refractivity contribution in [2.45, 2.75) is 25.6 Å². The third kappa shape index (κ3) is 5.36. The van der Waals surface area contributed by atoms with Crippen LogP contribution >= 0.6 is 15.9 Å². The van der Waals surface area contributed by atoms with Crippen molar-refractivity contribution in [3.05, 3.63) is 112 Å². The first kappa shape index (κ1) is 25.7. The highest BCUT2D eigenvalue weighted by molar-refractivity contribution is 9.10. The molecule has 0 saturated carbocycles. The van der Waals surface area contributed by atoms with E-state index in [9.17, 15) is 14.3 Å². The number of nitrogens with one attached hydrogen (secondary N) is 1. The van der Waals surface area contributed by atoms with Gasteiger partial charge in [0.05, 0.1) is 13.1 Å². The third-order valence-corrected chi connectivity index (χ3v) is 7.00. The van der Waals surface area contributed by atoms with Crippen LogP contribution in [0.4, 0.5) is 14.5 Å². The number of nitrogens with zero attached hydrogens (tertiary/aromatic N) is 4. The second-order valence-corrected chi connectivity index (χ2v) is 10.1. The molecule has 0 fully saturated rings. The van der Waals surface area contributed by atoms with Crippen molar-refractivity contribution >= 4 is 38.3 Å². The number of Topliss-reactive ketones (excluding diaryl/α,β-unsaturated/α-hetero) is 1. The highest BCUT2D eigenvalue weighted by Crippen LogP contribution is 2.32. The van der Waals surface area contributed by atoms with Gasteiger partial charge >= 0.3 is 0 Å². The molecule has 2 aromatic heterocycles. The van der Waals surface area contributed by atoms with Crippen LogP contribution in [0.2, 0.25) is 0 Å². The van der Waals surface area contributed by atoms with Crippen LogP contribution in [-0.2, 0) is 18.7 Å². The van der Waals surface area contributed by atoms with Gasteiger partial charge in [0.1, 0.15) is 29.9 Å². The van der Waals surface area contributed by atoms with Gasteiger partial charge in [0.25, 0.3) is 0 Å². The van der Waals surface area contributed by atoms with Crippen molar-refractivity contribution in [2.24, 2.45) is 0 Å². The summed E-state index contributed by atoms with van der Waals surface area (Å²) in [5, 5.41) is 17.1. The summed E-state index contributed by atoms with van der Waals surface area (Å²) in [7, 11) is 0. The molecule has 1 atom stereocenters. The molecule has 1 unspecified atom stereocenters. The average Bonchev–Trinajstić information content (AvgIpc) is 3.53. The Morgan fingerprint density at radius 2 is 1.92 bits per heavy atom. The van der Waals surface area contributed by atoms with Crippen molar-refractivity contribution < 1.29 is 18.7 Å². The maximum Gasteiger partial charge on any atom is 0.159 e. The molecule has 0 bridgehead atoms. The lowest BCUT2D eigenvalue weighted by molar-refractivity contribution is 0.0182. The van der Waals surface area contributed by atoms with E-state index < -0.39 is 17.2 Å². The molecule has 0 amide bonds. The van der Waals surface area contributed by atoms with Crippen LogP contribution in [0.5, 0.6) is 0 Å². The summed E-state index contributed by atoms with van der Waals surface area (Å²) in [5.41, 5.74) is 1.25. The first-order valence-electron chi connectivity index (χ1n) is 11.8. The van der Waals surface area contributed by atoms with E-state index in [0.717, 1.165) is 33.1 Å². The van der Waals surface area contributed by atoms with Crippen molar-refractivity contribution in [3.8, 4) is 0 Å². The Morgan fingerprint density at radius 1 is 1.13 bits per heavy atom. The number of fused-ring (bicyclic) bond motifs is 1. The van der Waals surface area contributed by atoms with Gasteiger partial charge in [0.2, 0.25) is 0 Å². The Morgan fingerprint density at radius 3 is 2.61 bits per heavy atom. The monoisotopic (exact) mass is 579 g/mol. The van der Waals surface area contributed by atoms with Crippen LogP contribution in [0.15, 0.2) is 84.0 Å². The van der Waals surface area contributed by atoms with Crippen molar-refractivity contribution in [2.75, 3.05) is 11.4 Å². The average molecular weight is 580 g/mol. The van der Waals surface area contributed by atoms with Gasteiger partial charge in [0, 0.05) is 51.0 Å². The zero-order chi connectivity index (χ0) is 26.9.